The average molecular weight is 347 g/mol. The Labute approximate surface area is 137 Å². The monoisotopic (exact) mass is 346 g/mol. The summed E-state index contributed by atoms with van der Waals surface area (Å²) in [7, 11) is 0. The van der Waals surface area contributed by atoms with E-state index in [0.29, 0.717) is 0 Å². The van der Waals surface area contributed by atoms with Gasteiger partial charge in [-0.3, -0.25) is 9.80 Å². The molecule has 0 unspecified atom stereocenters. The molecular weight excluding hydrogens is 331 g/mol. The van der Waals surface area contributed by atoms with Gasteiger partial charge in [-0.25, -0.2) is 0 Å². The highest BCUT2D eigenvalue weighted by Gasteiger charge is 2.18. The Morgan fingerprint density at radius 2 is 1.15 bits per heavy atom. The predicted octanol–water partition coefficient (Wildman–Crippen LogP) is 4.43. The molecule has 0 N–H and O–H groups in total. The first-order valence-corrected chi connectivity index (χ1v) is 9.01. The average Bonchev–Trinajstić information content (AvgIpc) is 3.01. The highest BCUT2D eigenvalue weighted by molar-refractivity contribution is 7.16. The molecule has 6 heteroatoms. The molecule has 0 amide bonds. The van der Waals surface area contributed by atoms with Crippen molar-refractivity contribution in [1.82, 2.24) is 9.80 Å². The lowest BCUT2D eigenvalue weighted by atomic mass is 10.3. The van der Waals surface area contributed by atoms with Crippen LogP contribution in [0.5, 0.6) is 0 Å². The summed E-state index contributed by atoms with van der Waals surface area (Å²) in [5.41, 5.74) is 0. The van der Waals surface area contributed by atoms with Crippen LogP contribution in [0, 0.1) is 0 Å². The quantitative estimate of drug-likeness (QED) is 0.807. The summed E-state index contributed by atoms with van der Waals surface area (Å²) < 4.78 is 1.77. The molecule has 3 rings (SSSR count). The van der Waals surface area contributed by atoms with E-state index in [0.717, 1.165) is 47.9 Å². The van der Waals surface area contributed by atoms with E-state index in [2.05, 4.69) is 21.9 Å². The first-order valence-electron chi connectivity index (χ1n) is 6.62. The van der Waals surface area contributed by atoms with Gasteiger partial charge in [-0.2, -0.15) is 0 Å². The molecule has 0 aliphatic carbocycles. The van der Waals surface area contributed by atoms with Crippen molar-refractivity contribution in [2.24, 2.45) is 0 Å². The van der Waals surface area contributed by atoms with Crippen LogP contribution in [0.15, 0.2) is 24.3 Å². The number of hydrogen-bond donors (Lipinski definition) is 0. The van der Waals surface area contributed by atoms with Crippen molar-refractivity contribution in [3.63, 3.8) is 0 Å². The molecule has 2 aromatic heterocycles. The van der Waals surface area contributed by atoms with Gasteiger partial charge in [-0.05, 0) is 24.3 Å². The van der Waals surface area contributed by atoms with Crippen LogP contribution in [0.4, 0.5) is 0 Å². The minimum Gasteiger partial charge on any atom is -0.296 e. The van der Waals surface area contributed by atoms with Gasteiger partial charge >= 0.3 is 0 Å². The topological polar surface area (TPSA) is 6.48 Å². The van der Waals surface area contributed by atoms with Gasteiger partial charge in [-0.1, -0.05) is 23.2 Å². The normalized spacial score (nSPS) is 17.7. The maximum Gasteiger partial charge on any atom is 0.0931 e. The van der Waals surface area contributed by atoms with Crippen molar-refractivity contribution >= 4 is 45.9 Å². The van der Waals surface area contributed by atoms with Gasteiger partial charge in [0.1, 0.15) is 0 Å². The largest absolute Gasteiger partial charge is 0.296 e. The van der Waals surface area contributed by atoms with Crippen molar-refractivity contribution in [2.45, 2.75) is 13.1 Å². The number of nitrogens with zero attached hydrogens (tertiary/aromatic N) is 2. The van der Waals surface area contributed by atoms with Crippen LogP contribution >= 0.6 is 45.9 Å². The maximum absolute atomic E-state index is 5.98. The first kappa shape index (κ1) is 14.8. The Bertz CT molecular complexity index is 509. The summed E-state index contributed by atoms with van der Waals surface area (Å²) >= 11 is 15.3. The van der Waals surface area contributed by atoms with E-state index < -0.39 is 0 Å². The zero-order chi connectivity index (χ0) is 13.9. The standard InChI is InChI=1S/C14H16Cl2N2S2/c15-13-3-1-11(19-13)9-17-5-7-18(8-6-17)10-12-2-4-14(16)20-12/h1-4H,5-10H2. The van der Waals surface area contributed by atoms with E-state index in [9.17, 15) is 0 Å². The van der Waals surface area contributed by atoms with Crippen LogP contribution < -0.4 is 0 Å². The number of piperazine rings is 1. The first-order chi connectivity index (χ1) is 9.69. The Balaban J connectivity index is 1.47. The van der Waals surface area contributed by atoms with E-state index in [-0.39, 0.29) is 0 Å². The second-order valence-corrected chi connectivity index (χ2v) is 8.56. The zero-order valence-corrected chi connectivity index (χ0v) is 14.2. The fourth-order valence-corrected chi connectivity index (χ4v) is 4.68. The van der Waals surface area contributed by atoms with E-state index in [1.807, 2.05) is 12.1 Å². The molecule has 0 saturated carbocycles. The van der Waals surface area contributed by atoms with Crippen LogP contribution in [0.3, 0.4) is 0 Å². The van der Waals surface area contributed by atoms with Gasteiger partial charge < -0.3 is 0 Å². The summed E-state index contributed by atoms with van der Waals surface area (Å²) in [5.74, 6) is 0. The minimum absolute atomic E-state index is 0.883. The van der Waals surface area contributed by atoms with Crippen LogP contribution in [0.1, 0.15) is 9.75 Å². The molecular formula is C14H16Cl2N2S2. The summed E-state index contributed by atoms with van der Waals surface area (Å²) in [4.78, 5) is 7.71. The SMILES string of the molecule is Clc1ccc(CN2CCN(Cc3ccc(Cl)s3)CC2)s1. The zero-order valence-electron chi connectivity index (χ0n) is 11.0. The molecule has 1 saturated heterocycles. The van der Waals surface area contributed by atoms with Gasteiger partial charge in [0.15, 0.2) is 0 Å². The molecule has 1 aliphatic rings. The third-order valence-corrected chi connectivity index (χ3v) is 5.91. The van der Waals surface area contributed by atoms with Crippen LogP contribution in [0.25, 0.3) is 0 Å². The molecule has 2 nitrogen and oxygen atoms in total. The van der Waals surface area contributed by atoms with E-state index >= 15 is 0 Å². The Kier molecular flexibility index (Phi) is 5.02. The van der Waals surface area contributed by atoms with Gasteiger partial charge in [0.05, 0.1) is 8.67 Å². The summed E-state index contributed by atoms with van der Waals surface area (Å²) in [6.45, 7) is 6.53. The Morgan fingerprint density at radius 1 is 0.750 bits per heavy atom. The van der Waals surface area contributed by atoms with Crippen LogP contribution in [0.2, 0.25) is 8.67 Å². The summed E-state index contributed by atoms with van der Waals surface area (Å²) in [5, 5.41) is 0. The lowest BCUT2D eigenvalue weighted by Gasteiger charge is -2.34. The number of halogens is 2. The van der Waals surface area contributed by atoms with Crippen molar-refractivity contribution in [3.8, 4) is 0 Å². The highest BCUT2D eigenvalue weighted by atomic mass is 35.5. The third kappa shape index (κ3) is 3.97. The van der Waals surface area contributed by atoms with Crippen molar-refractivity contribution in [2.75, 3.05) is 26.2 Å². The Morgan fingerprint density at radius 3 is 1.45 bits per heavy atom. The molecule has 2 aromatic rings. The number of thiophene rings is 2. The third-order valence-electron chi connectivity index (χ3n) is 3.48. The van der Waals surface area contributed by atoms with E-state index in [4.69, 9.17) is 23.2 Å². The van der Waals surface area contributed by atoms with Gasteiger partial charge in [0.25, 0.3) is 0 Å². The van der Waals surface area contributed by atoms with Crippen LogP contribution in [-0.2, 0) is 13.1 Å². The van der Waals surface area contributed by atoms with Gasteiger partial charge in [-0.15, -0.1) is 22.7 Å². The fraction of sp³-hybridized carbons (Fsp3) is 0.429. The molecule has 3 heterocycles. The molecule has 1 aliphatic heterocycles. The molecule has 20 heavy (non-hydrogen) atoms. The molecule has 0 bridgehead atoms. The lowest BCUT2D eigenvalue weighted by molar-refractivity contribution is 0.123. The van der Waals surface area contributed by atoms with Crippen LogP contribution in [-0.4, -0.2) is 36.0 Å². The van der Waals surface area contributed by atoms with Crippen molar-refractivity contribution in [3.05, 3.63) is 42.7 Å². The van der Waals surface area contributed by atoms with Crippen molar-refractivity contribution < 1.29 is 0 Å². The molecule has 0 radical (unpaired) electrons. The lowest BCUT2D eigenvalue weighted by Crippen LogP contribution is -2.45. The predicted molar refractivity (Wildman–Crippen MR) is 89.2 cm³/mol. The second kappa shape index (κ2) is 6.77. The van der Waals surface area contributed by atoms with Crippen molar-refractivity contribution in [1.29, 1.82) is 0 Å². The minimum atomic E-state index is 0.883. The Hall–Kier alpha value is -0.100. The fourth-order valence-electron chi connectivity index (χ4n) is 2.42. The number of hydrogen-bond acceptors (Lipinski definition) is 4. The highest BCUT2D eigenvalue weighted by Crippen LogP contribution is 2.25. The molecule has 1 fully saturated rings. The summed E-state index contributed by atoms with van der Waals surface area (Å²) in [6, 6.07) is 8.23. The smallest absolute Gasteiger partial charge is 0.0931 e. The molecule has 0 aromatic carbocycles. The van der Waals surface area contributed by atoms with Gasteiger partial charge in [0.2, 0.25) is 0 Å². The summed E-state index contributed by atoms with van der Waals surface area (Å²) in [6.07, 6.45) is 0. The molecule has 0 atom stereocenters. The van der Waals surface area contributed by atoms with E-state index in [1.54, 1.807) is 22.7 Å². The van der Waals surface area contributed by atoms with E-state index in [1.165, 1.54) is 9.75 Å². The second-order valence-electron chi connectivity index (χ2n) is 4.96. The molecule has 108 valence electrons. The number of rotatable bonds is 4. The maximum atomic E-state index is 5.98. The van der Waals surface area contributed by atoms with Gasteiger partial charge in [0, 0.05) is 49.0 Å². The molecule has 0 spiro atoms.